The molecule has 0 saturated heterocycles. The van der Waals surface area contributed by atoms with Gasteiger partial charge in [0.25, 0.3) is 5.91 Å². The monoisotopic (exact) mass is 448 g/mol. The van der Waals surface area contributed by atoms with Crippen LogP contribution >= 0.6 is 23.2 Å². The van der Waals surface area contributed by atoms with Crippen LogP contribution in [-0.2, 0) is 13.2 Å². The Hall–Kier alpha value is -3.10. The van der Waals surface area contributed by atoms with Crippen molar-refractivity contribution < 1.29 is 14.5 Å². The van der Waals surface area contributed by atoms with Gasteiger partial charge in [0.2, 0.25) is 0 Å². The van der Waals surface area contributed by atoms with Crippen molar-refractivity contribution in [1.82, 2.24) is 15.1 Å². The highest BCUT2D eigenvalue weighted by Gasteiger charge is 2.15. The molecule has 0 aliphatic rings. The van der Waals surface area contributed by atoms with Crippen molar-refractivity contribution >= 4 is 34.9 Å². The minimum atomic E-state index is -0.549. The second kappa shape index (κ2) is 9.60. The highest BCUT2D eigenvalue weighted by Crippen LogP contribution is 2.28. The van der Waals surface area contributed by atoms with Crippen LogP contribution in [0.1, 0.15) is 21.6 Å². The SMILES string of the molecule is Cc1cc([N+](=O)[O-])nn1CCNC(=O)c1cccc(COc2ccc(Cl)cc2Cl)c1. The third-order valence-corrected chi connectivity index (χ3v) is 4.77. The smallest absolute Gasteiger partial charge is 0.390 e. The molecular weight excluding hydrogens is 431 g/mol. The maximum atomic E-state index is 12.4. The predicted octanol–water partition coefficient (Wildman–Crippen LogP) is 4.42. The van der Waals surface area contributed by atoms with E-state index in [1.807, 2.05) is 6.07 Å². The topological polar surface area (TPSA) is 99.3 Å². The Morgan fingerprint density at radius 2 is 2.03 bits per heavy atom. The average Bonchev–Trinajstić information content (AvgIpc) is 3.08. The van der Waals surface area contributed by atoms with E-state index in [9.17, 15) is 14.9 Å². The van der Waals surface area contributed by atoms with Crippen LogP contribution in [0.5, 0.6) is 5.75 Å². The number of carbonyl (C=O) groups is 1. The lowest BCUT2D eigenvalue weighted by Crippen LogP contribution is -2.27. The molecule has 1 amide bonds. The number of halogens is 2. The molecule has 10 heteroatoms. The highest BCUT2D eigenvalue weighted by molar-refractivity contribution is 6.35. The molecule has 156 valence electrons. The number of amides is 1. The van der Waals surface area contributed by atoms with Gasteiger partial charge in [-0.25, -0.2) is 0 Å². The van der Waals surface area contributed by atoms with E-state index in [1.54, 1.807) is 43.3 Å². The minimum Gasteiger partial charge on any atom is -0.487 e. The van der Waals surface area contributed by atoms with Gasteiger partial charge in [-0.3, -0.25) is 4.79 Å². The van der Waals surface area contributed by atoms with Crippen molar-refractivity contribution in [2.24, 2.45) is 0 Å². The Kier molecular flexibility index (Phi) is 6.91. The number of nitrogens with one attached hydrogen (secondary N) is 1. The van der Waals surface area contributed by atoms with Crippen molar-refractivity contribution in [2.45, 2.75) is 20.1 Å². The zero-order valence-corrected chi connectivity index (χ0v) is 17.5. The first kappa shape index (κ1) is 21.6. The van der Waals surface area contributed by atoms with Crippen molar-refractivity contribution in [2.75, 3.05) is 6.54 Å². The number of rotatable bonds is 8. The number of hydrogen-bond acceptors (Lipinski definition) is 5. The van der Waals surface area contributed by atoms with E-state index in [-0.39, 0.29) is 24.9 Å². The number of aryl methyl sites for hydroxylation is 1. The number of aromatic nitrogens is 2. The standard InChI is InChI=1S/C20H18Cl2N4O4/c1-13-9-19(26(28)29)24-25(13)8-7-23-20(27)15-4-2-3-14(10-15)12-30-18-6-5-16(21)11-17(18)22/h2-6,9-11H,7-8,12H2,1H3,(H,23,27). The number of carbonyl (C=O) groups excluding carboxylic acids is 1. The van der Waals surface area contributed by atoms with Crippen LogP contribution in [0.3, 0.4) is 0 Å². The minimum absolute atomic E-state index is 0.215. The van der Waals surface area contributed by atoms with E-state index < -0.39 is 4.92 Å². The van der Waals surface area contributed by atoms with Crippen LogP contribution in [0, 0.1) is 17.0 Å². The van der Waals surface area contributed by atoms with Gasteiger partial charge in [0.15, 0.2) is 0 Å². The van der Waals surface area contributed by atoms with Crippen LogP contribution in [0.25, 0.3) is 0 Å². The van der Waals surface area contributed by atoms with Crippen LogP contribution in [-0.4, -0.2) is 27.2 Å². The van der Waals surface area contributed by atoms with Crippen molar-refractivity contribution in [1.29, 1.82) is 0 Å². The first-order valence-electron chi connectivity index (χ1n) is 8.97. The fraction of sp³-hybridized carbons (Fsp3) is 0.200. The van der Waals surface area contributed by atoms with Crippen LogP contribution in [0.15, 0.2) is 48.5 Å². The van der Waals surface area contributed by atoms with E-state index in [2.05, 4.69) is 10.4 Å². The third-order valence-electron chi connectivity index (χ3n) is 4.24. The fourth-order valence-corrected chi connectivity index (χ4v) is 3.20. The van der Waals surface area contributed by atoms with Gasteiger partial charge >= 0.3 is 5.82 Å². The lowest BCUT2D eigenvalue weighted by molar-refractivity contribution is -0.389. The Morgan fingerprint density at radius 1 is 1.23 bits per heavy atom. The summed E-state index contributed by atoms with van der Waals surface area (Å²) < 4.78 is 7.18. The van der Waals surface area contributed by atoms with Gasteiger partial charge in [0.05, 0.1) is 28.4 Å². The normalized spacial score (nSPS) is 10.6. The van der Waals surface area contributed by atoms with Gasteiger partial charge in [-0.2, -0.15) is 4.68 Å². The van der Waals surface area contributed by atoms with E-state index in [0.717, 1.165) is 5.56 Å². The molecular formula is C20H18Cl2N4O4. The lowest BCUT2D eigenvalue weighted by atomic mass is 10.1. The number of nitro groups is 1. The third kappa shape index (κ3) is 5.49. The van der Waals surface area contributed by atoms with E-state index in [1.165, 1.54) is 10.7 Å². The van der Waals surface area contributed by atoms with Gasteiger partial charge in [0.1, 0.15) is 12.4 Å². The van der Waals surface area contributed by atoms with Crippen LogP contribution in [0.4, 0.5) is 5.82 Å². The van der Waals surface area contributed by atoms with E-state index in [4.69, 9.17) is 27.9 Å². The highest BCUT2D eigenvalue weighted by atomic mass is 35.5. The molecule has 0 spiro atoms. The molecule has 3 rings (SSSR count). The Morgan fingerprint density at radius 3 is 2.73 bits per heavy atom. The summed E-state index contributed by atoms with van der Waals surface area (Å²) in [6, 6.07) is 13.4. The molecule has 0 aliphatic heterocycles. The van der Waals surface area contributed by atoms with Crippen molar-refractivity contribution in [3.63, 3.8) is 0 Å². The molecule has 1 heterocycles. The first-order chi connectivity index (χ1) is 14.3. The van der Waals surface area contributed by atoms with E-state index in [0.29, 0.717) is 33.6 Å². The maximum Gasteiger partial charge on any atom is 0.390 e. The molecule has 0 atom stereocenters. The molecule has 0 saturated carbocycles. The summed E-state index contributed by atoms with van der Waals surface area (Å²) in [7, 11) is 0. The van der Waals surface area contributed by atoms with Gasteiger partial charge in [-0.15, -0.1) is 0 Å². The summed E-state index contributed by atoms with van der Waals surface area (Å²) in [4.78, 5) is 22.7. The largest absolute Gasteiger partial charge is 0.487 e. The van der Waals surface area contributed by atoms with Crippen LogP contribution < -0.4 is 10.1 Å². The predicted molar refractivity (Wildman–Crippen MR) is 113 cm³/mol. The molecule has 0 aliphatic carbocycles. The second-order valence-corrected chi connectivity index (χ2v) is 7.29. The summed E-state index contributed by atoms with van der Waals surface area (Å²) >= 11 is 12.0. The van der Waals surface area contributed by atoms with Crippen molar-refractivity contribution in [3.8, 4) is 5.75 Å². The molecule has 0 fully saturated rings. The second-order valence-electron chi connectivity index (χ2n) is 6.44. The number of hydrogen-bond donors (Lipinski definition) is 1. The summed E-state index contributed by atoms with van der Waals surface area (Å²) in [6.45, 7) is 2.56. The maximum absolute atomic E-state index is 12.4. The molecule has 1 N–H and O–H groups in total. The summed E-state index contributed by atoms with van der Waals surface area (Å²) in [5.41, 5.74) is 1.92. The zero-order chi connectivity index (χ0) is 21.7. The average molecular weight is 449 g/mol. The van der Waals surface area contributed by atoms with Crippen LogP contribution in [0.2, 0.25) is 10.0 Å². The molecule has 30 heavy (non-hydrogen) atoms. The number of benzene rings is 2. The summed E-state index contributed by atoms with van der Waals surface area (Å²) in [6.07, 6.45) is 0. The Balaban J connectivity index is 1.56. The molecule has 0 bridgehead atoms. The molecule has 0 radical (unpaired) electrons. The Labute approximate surface area is 182 Å². The molecule has 3 aromatic rings. The lowest BCUT2D eigenvalue weighted by Gasteiger charge is -2.10. The van der Waals surface area contributed by atoms with Gasteiger partial charge in [0, 0.05) is 17.1 Å². The molecule has 1 aromatic heterocycles. The first-order valence-corrected chi connectivity index (χ1v) is 9.73. The number of ether oxygens (including phenoxy) is 1. The van der Waals surface area contributed by atoms with Gasteiger partial charge in [-0.05, 0) is 47.7 Å². The summed E-state index contributed by atoms with van der Waals surface area (Å²) in [5.74, 6) is 0.0209. The van der Waals surface area contributed by atoms with Crippen molar-refractivity contribution in [3.05, 3.63) is 85.5 Å². The zero-order valence-electron chi connectivity index (χ0n) is 16.0. The summed E-state index contributed by atoms with van der Waals surface area (Å²) in [5, 5.41) is 18.4. The quantitative estimate of drug-likeness (QED) is 0.406. The Bertz CT molecular complexity index is 1080. The van der Waals surface area contributed by atoms with Gasteiger partial charge in [-0.1, -0.05) is 35.3 Å². The molecule has 8 nitrogen and oxygen atoms in total. The number of nitrogens with zero attached hydrogens (tertiary/aromatic N) is 3. The molecule has 0 unspecified atom stereocenters. The van der Waals surface area contributed by atoms with Gasteiger partial charge < -0.3 is 20.2 Å². The fourth-order valence-electron chi connectivity index (χ4n) is 2.74. The molecule has 2 aromatic carbocycles. The van der Waals surface area contributed by atoms with E-state index >= 15 is 0 Å².